The first-order chi connectivity index (χ1) is 10.8. The normalized spacial score (nSPS) is 11.1. The van der Waals surface area contributed by atoms with E-state index in [1.165, 1.54) is 6.33 Å². The topological polar surface area (TPSA) is 69.6 Å². The highest BCUT2D eigenvalue weighted by Gasteiger charge is 2.12. The molecule has 6 heteroatoms. The molecule has 0 fully saturated rings. The summed E-state index contributed by atoms with van der Waals surface area (Å²) in [5.41, 5.74) is 3.62. The van der Waals surface area contributed by atoms with Gasteiger partial charge in [-0.15, -0.1) is 5.10 Å². The molecule has 0 amide bonds. The zero-order valence-electron chi connectivity index (χ0n) is 12.0. The third kappa shape index (κ3) is 2.14. The average Bonchev–Trinajstić information content (AvgIpc) is 3.15. The predicted octanol–water partition coefficient (Wildman–Crippen LogP) is 2.84. The Balaban J connectivity index is 1.66. The molecule has 0 saturated heterocycles. The fourth-order valence-electron chi connectivity index (χ4n) is 2.46. The first-order valence-electron chi connectivity index (χ1n) is 6.94. The smallest absolute Gasteiger partial charge is 0.134 e. The zero-order valence-corrected chi connectivity index (χ0v) is 12.0. The summed E-state index contributed by atoms with van der Waals surface area (Å²) in [6, 6.07) is 8.02. The van der Waals surface area contributed by atoms with Crippen LogP contribution in [0.3, 0.4) is 0 Å². The third-order valence-electron chi connectivity index (χ3n) is 3.64. The highest BCUT2D eigenvalue weighted by atomic mass is 16.3. The van der Waals surface area contributed by atoms with E-state index in [1.54, 1.807) is 17.1 Å². The molecule has 108 valence electrons. The van der Waals surface area contributed by atoms with Gasteiger partial charge >= 0.3 is 0 Å². The summed E-state index contributed by atoms with van der Waals surface area (Å²) in [7, 11) is 0. The Morgan fingerprint density at radius 3 is 2.77 bits per heavy atom. The molecule has 4 aromatic rings. The van der Waals surface area contributed by atoms with Crippen LogP contribution in [0.15, 0.2) is 53.6 Å². The highest BCUT2D eigenvalue weighted by Crippen LogP contribution is 2.25. The van der Waals surface area contributed by atoms with Gasteiger partial charge in [0.1, 0.15) is 29.9 Å². The lowest BCUT2D eigenvalue weighted by Crippen LogP contribution is -2.00. The summed E-state index contributed by atoms with van der Waals surface area (Å²) in [6.45, 7) is 2.60. The number of aromatic nitrogens is 5. The van der Waals surface area contributed by atoms with Gasteiger partial charge in [0.2, 0.25) is 0 Å². The van der Waals surface area contributed by atoms with Crippen molar-refractivity contribution in [1.82, 2.24) is 25.0 Å². The number of furan rings is 1. The van der Waals surface area contributed by atoms with Crippen LogP contribution in [0.25, 0.3) is 22.2 Å². The van der Waals surface area contributed by atoms with Gasteiger partial charge in [-0.3, -0.25) is 0 Å². The Kier molecular flexibility index (Phi) is 2.93. The van der Waals surface area contributed by atoms with E-state index in [0.717, 1.165) is 33.6 Å². The van der Waals surface area contributed by atoms with Gasteiger partial charge in [0, 0.05) is 28.9 Å². The van der Waals surface area contributed by atoms with Crippen molar-refractivity contribution in [2.75, 3.05) is 0 Å². The summed E-state index contributed by atoms with van der Waals surface area (Å²) in [4.78, 5) is 7.98. The monoisotopic (exact) mass is 291 g/mol. The van der Waals surface area contributed by atoms with Crippen LogP contribution >= 0.6 is 0 Å². The van der Waals surface area contributed by atoms with Gasteiger partial charge in [0.15, 0.2) is 0 Å². The molecule has 1 aromatic carbocycles. The van der Waals surface area contributed by atoms with Crippen LogP contribution in [-0.4, -0.2) is 25.0 Å². The third-order valence-corrected chi connectivity index (χ3v) is 3.64. The van der Waals surface area contributed by atoms with E-state index in [1.807, 2.05) is 24.4 Å². The van der Waals surface area contributed by atoms with E-state index in [2.05, 4.69) is 33.3 Å². The van der Waals surface area contributed by atoms with Crippen molar-refractivity contribution in [2.45, 2.75) is 13.5 Å². The Bertz CT molecular complexity index is 926. The van der Waals surface area contributed by atoms with E-state index < -0.39 is 0 Å². The molecule has 0 atom stereocenters. The predicted molar refractivity (Wildman–Crippen MR) is 81.1 cm³/mol. The first-order valence-corrected chi connectivity index (χ1v) is 6.94. The van der Waals surface area contributed by atoms with E-state index in [4.69, 9.17) is 4.42 Å². The van der Waals surface area contributed by atoms with Gasteiger partial charge < -0.3 is 4.42 Å². The lowest BCUT2D eigenvalue weighted by Gasteiger charge is -1.97. The Morgan fingerprint density at radius 2 is 1.95 bits per heavy atom. The number of para-hydroxylation sites is 1. The minimum atomic E-state index is 0.543. The van der Waals surface area contributed by atoms with Crippen molar-refractivity contribution >= 4 is 11.0 Å². The Labute approximate surface area is 126 Å². The van der Waals surface area contributed by atoms with E-state index in [-0.39, 0.29) is 0 Å². The number of fused-ring (bicyclic) bond motifs is 1. The molecule has 0 aliphatic carbocycles. The second-order valence-electron chi connectivity index (χ2n) is 5.07. The molecule has 0 bridgehead atoms. The highest BCUT2D eigenvalue weighted by molar-refractivity contribution is 5.81. The second-order valence-corrected chi connectivity index (χ2v) is 5.07. The molecule has 0 aliphatic heterocycles. The number of nitrogens with zero attached hydrogens (tertiary/aromatic N) is 5. The SMILES string of the molecule is Cc1c(Cn2cc(-c3cncnc3)nn2)oc2ccccc12. The van der Waals surface area contributed by atoms with Crippen molar-refractivity contribution in [3.8, 4) is 11.3 Å². The molecule has 3 heterocycles. The van der Waals surface area contributed by atoms with Crippen molar-refractivity contribution in [2.24, 2.45) is 0 Å². The molecule has 0 unspecified atom stereocenters. The molecule has 0 spiro atoms. The van der Waals surface area contributed by atoms with Crippen molar-refractivity contribution in [3.05, 3.63) is 60.5 Å². The molecular formula is C16H13N5O. The Morgan fingerprint density at radius 1 is 1.14 bits per heavy atom. The molecular weight excluding hydrogens is 278 g/mol. The Hall–Kier alpha value is -3.02. The molecule has 0 aliphatic rings. The van der Waals surface area contributed by atoms with Gasteiger partial charge in [-0.1, -0.05) is 23.4 Å². The van der Waals surface area contributed by atoms with Crippen LogP contribution in [-0.2, 0) is 6.54 Å². The van der Waals surface area contributed by atoms with Crippen molar-refractivity contribution in [3.63, 3.8) is 0 Å². The second kappa shape index (κ2) is 5.07. The van der Waals surface area contributed by atoms with Crippen LogP contribution in [0.1, 0.15) is 11.3 Å². The number of hydrogen-bond donors (Lipinski definition) is 0. The summed E-state index contributed by atoms with van der Waals surface area (Å²) < 4.78 is 7.66. The van der Waals surface area contributed by atoms with Crippen LogP contribution in [0.4, 0.5) is 0 Å². The molecule has 22 heavy (non-hydrogen) atoms. The van der Waals surface area contributed by atoms with Gasteiger partial charge in [-0.05, 0) is 13.0 Å². The largest absolute Gasteiger partial charge is 0.459 e. The summed E-state index contributed by atoms with van der Waals surface area (Å²) in [5.74, 6) is 0.891. The minimum Gasteiger partial charge on any atom is -0.459 e. The minimum absolute atomic E-state index is 0.543. The summed E-state index contributed by atoms with van der Waals surface area (Å²) in [5, 5.41) is 9.44. The average molecular weight is 291 g/mol. The van der Waals surface area contributed by atoms with Crippen LogP contribution in [0.5, 0.6) is 0 Å². The maximum absolute atomic E-state index is 5.90. The lowest BCUT2D eigenvalue weighted by molar-refractivity contribution is 0.500. The van der Waals surface area contributed by atoms with E-state index >= 15 is 0 Å². The summed E-state index contributed by atoms with van der Waals surface area (Å²) in [6.07, 6.45) is 6.79. The number of benzene rings is 1. The molecule has 0 radical (unpaired) electrons. The number of rotatable bonds is 3. The van der Waals surface area contributed by atoms with E-state index in [9.17, 15) is 0 Å². The van der Waals surface area contributed by atoms with Crippen LogP contribution in [0.2, 0.25) is 0 Å². The quantitative estimate of drug-likeness (QED) is 0.580. The van der Waals surface area contributed by atoms with Gasteiger partial charge in [-0.25, -0.2) is 14.6 Å². The molecule has 3 aromatic heterocycles. The summed E-state index contributed by atoms with van der Waals surface area (Å²) >= 11 is 0. The van der Waals surface area contributed by atoms with Gasteiger partial charge in [-0.2, -0.15) is 0 Å². The lowest BCUT2D eigenvalue weighted by atomic mass is 10.1. The standard InChI is InChI=1S/C16H13N5O/c1-11-13-4-2-3-5-15(13)22-16(11)9-21-8-14(19-20-21)12-6-17-10-18-7-12/h2-8,10H,9H2,1H3. The van der Waals surface area contributed by atoms with Crippen molar-refractivity contribution < 1.29 is 4.42 Å². The van der Waals surface area contributed by atoms with Crippen molar-refractivity contribution in [1.29, 1.82) is 0 Å². The molecule has 4 rings (SSSR count). The van der Waals surface area contributed by atoms with Gasteiger partial charge in [0.05, 0.1) is 6.20 Å². The van der Waals surface area contributed by atoms with E-state index in [0.29, 0.717) is 6.54 Å². The number of hydrogen-bond acceptors (Lipinski definition) is 5. The van der Waals surface area contributed by atoms with Crippen LogP contribution in [0, 0.1) is 6.92 Å². The fourth-order valence-corrected chi connectivity index (χ4v) is 2.46. The number of aryl methyl sites for hydroxylation is 1. The maximum Gasteiger partial charge on any atom is 0.134 e. The fraction of sp³-hybridized carbons (Fsp3) is 0.125. The maximum atomic E-state index is 5.90. The van der Waals surface area contributed by atoms with Crippen LogP contribution < -0.4 is 0 Å². The molecule has 0 N–H and O–H groups in total. The van der Waals surface area contributed by atoms with Gasteiger partial charge in [0.25, 0.3) is 0 Å². The first kappa shape index (κ1) is 12.7. The zero-order chi connectivity index (χ0) is 14.9. The molecule has 6 nitrogen and oxygen atoms in total. The molecule has 0 saturated carbocycles.